The molecule has 0 radical (unpaired) electrons. The Morgan fingerprint density at radius 3 is 1.27 bits per heavy atom. The van der Waals surface area contributed by atoms with Gasteiger partial charge in [0.1, 0.15) is 23.0 Å². The summed E-state index contributed by atoms with van der Waals surface area (Å²) in [6, 6.07) is 38.4. The molecular weight excluding hydrogens is 512 g/mol. The van der Waals surface area contributed by atoms with Gasteiger partial charge in [0.15, 0.2) is 0 Å². The molecular formula is C35H30N2O4. The molecule has 0 saturated heterocycles. The van der Waals surface area contributed by atoms with Gasteiger partial charge >= 0.3 is 0 Å². The second-order valence-electron chi connectivity index (χ2n) is 9.79. The van der Waals surface area contributed by atoms with Gasteiger partial charge in [0.05, 0.1) is 0 Å². The maximum absolute atomic E-state index is 12.4. The second kappa shape index (κ2) is 12.7. The molecule has 0 aliphatic carbocycles. The van der Waals surface area contributed by atoms with Crippen LogP contribution in [0, 0.1) is 0 Å². The van der Waals surface area contributed by atoms with Crippen molar-refractivity contribution in [2.24, 2.45) is 0 Å². The molecule has 6 nitrogen and oxygen atoms in total. The normalized spacial score (nSPS) is 10.6. The predicted octanol–water partition coefficient (Wildman–Crippen LogP) is 8.90. The van der Waals surface area contributed by atoms with Crippen LogP contribution in [0.2, 0.25) is 0 Å². The molecule has 6 heteroatoms. The number of carbonyl (C=O) groups excluding carboxylic acids is 2. The zero-order chi connectivity index (χ0) is 28.6. The van der Waals surface area contributed by atoms with Gasteiger partial charge in [-0.1, -0.05) is 50.2 Å². The van der Waals surface area contributed by atoms with Gasteiger partial charge in [-0.3, -0.25) is 9.59 Å². The number of anilines is 2. The minimum Gasteiger partial charge on any atom is -0.457 e. The molecule has 0 aliphatic rings. The van der Waals surface area contributed by atoms with Crippen LogP contribution in [0.1, 0.15) is 46.0 Å². The average molecular weight is 543 g/mol. The van der Waals surface area contributed by atoms with E-state index in [9.17, 15) is 9.59 Å². The minimum absolute atomic E-state index is 0.169. The van der Waals surface area contributed by atoms with Crippen molar-refractivity contribution in [2.75, 3.05) is 10.6 Å². The van der Waals surface area contributed by atoms with Gasteiger partial charge in [-0.25, -0.2) is 0 Å². The average Bonchev–Trinajstić information content (AvgIpc) is 3.00. The molecule has 0 spiro atoms. The highest BCUT2D eigenvalue weighted by Crippen LogP contribution is 2.33. The summed E-state index contributed by atoms with van der Waals surface area (Å²) in [5.41, 5.74) is 3.61. The van der Waals surface area contributed by atoms with Crippen molar-refractivity contribution in [3.8, 4) is 23.0 Å². The van der Waals surface area contributed by atoms with Gasteiger partial charge in [-0.05, 0) is 96.4 Å². The smallest absolute Gasteiger partial charge is 0.255 e. The topological polar surface area (TPSA) is 76.7 Å². The third-order valence-electron chi connectivity index (χ3n) is 6.34. The van der Waals surface area contributed by atoms with Crippen molar-refractivity contribution in [2.45, 2.75) is 19.8 Å². The Hall–Kier alpha value is -5.36. The van der Waals surface area contributed by atoms with Gasteiger partial charge in [0, 0.05) is 28.6 Å². The number of benzene rings is 5. The van der Waals surface area contributed by atoms with Crippen molar-refractivity contribution in [1.82, 2.24) is 0 Å². The van der Waals surface area contributed by atoms with E-state index >= 15 is 0 Å². The van der Waals surface area contributed by atoms with E-state index < -0.39 is 0 Å². The minimum atomic E-state index is -0.169. The van der Waals surface area contributed by atoms with Gasteiger partial charge in [-0.15, -0.1) is 0 Å². The fourth-order valence-corrected chi connectivity index (χ4v) is 4.12. The van der Waals surface area contributed by atoms with Crippen LogP contribution in [-0.2, 0) is 0 Å². The molecule has 0 atom stereocenters. The number of hydrogen-bond donors (Lipinski definition) is 2. The van der Waals surface area contributed by atoms with E-state index in [1.807, 2.05) is 78.9 Å². The Bertz CT molecular complexity index is 1500. The summed E-state index contributed by atoms with van der Waals surface area (Å²) in [4.78, 5) is 24.9. The largest absolute Gasteiger partial charge is 0.457 e. The van der Waals surface area contributed by atoms with Crippen LogP contribution >= 0.6 is 0 Å². The number of ether oxygens (including phenoxy) is 2. The lowest BCUT2D eigenvalue weighted by molar-refractivity contribution is 0.101. The fraction of sp³-hybridized carbons (Fsp3) is 0.0857. The molecule has 0 aromatic heterocycles. The van der Waals surface area contributed by atoms with Gasteiger partial charge in [0.25, 0.3) is 11.8 Å². The Morgan fingerprint density at radius 1 is 0.512 bits per heavy atom. The zero-order valence-electron chi connectivity index (χ0n) is 22.8. The number of rotatable bonds is 9. The number of carbonyl (C=O) groups is 2. The molecule has 5 rings (SSSR count). The first-order valence-corrected chi connectivity index (χ1v) is 13.4. The first kappa shape index (κ1) is 27.2. The zero-order valence-corrected chi connectivity index (χ0v) is 22.8. The molecule has 2 N–H and O–H groups in total. The van der Waals surface area contributed by atoms with Crippen LogP contribution in [0.15, 0.2) is 127 Å². The van der Waals surface area contributed by atoms with Crippen LogP contribution in [-0.4, -0.2) is 11.8 Å². The Balaban J connectivity index is 1.25. The van der Waals surface area contributed by atoms with E-state index in [1.54, 1.807) is 48.5 Å². The highest BCUT2D eigenvalue weighted by molar-refractivity contribution is 6.04. The van der Waals surface area contributed by atoms with Crippen molar-refractivity contribution in [1.29, 1.82) is 0 Å². The first-order chi connectivity index (χ1) is 19.9. The quantitative estimate of drug-likeness (QED) is 0.195. The summed E-state index contributed by atoms with van der Waals surface area (Å²) in [6.07, 6.45) is 0. The van der Waals surface area contributed by atoms with Crippen molar-refractivity contribution in [3.63, 3.8) is 0 Å². The van der Waals surface area contributed by atoms with E-state index in [1.165, 1.54) is 0 Å². The van der Waals surface area contributed by atoms with Crippen LogP contribution in [0.25, 0.3) is 0 Å². The summed E-state index contributed by atoms with van der Waals surface area (Å²) in [6.45, 7) is 4.22. The van der Waals surface area contributed by atoms with E-state index in [2.05, 4.69) is 24.5 Å². The van der Waals surface area contributed by atoms with Gasteiger partial charge in [-0.2, -0.15) is 0 Å². The summed E-state index contributed by atoms with van der Waals surface area (Å²) in [5.74, 6) is 2.46. The molecule has 5 aromatic rings. The predicted molar refractivity (Wildman–Crippen MR) is 162 cm³/mol. The Morgan fingerprint density at radius 2 is 0.902 bits per heavy atom. The van der Waals surface area contributed by atoms with Crippen LogP contribution < -0.4 is 20.1 Å². The van der Waals surface area contributed by atoms with Crippen molar-refractivity contribution in [3.05, 3.63) is 144 Å². The van der Waals surface area contributed by atoms with Crippen molar-refractivity contribution >= 4 is 23.2 Å². The first-order valence-electron chi connectivity index (χ1n) is 13.4. The molecule has 5 aromatic carbocycles. The van der Waals surface area contributed by atoms with E-state index in [0.29, 0.717) is 45.5 Å². The van der Waals surface area contributed by atoms with E-state index in [4.69, 9.17) is 9.47 Å². The summed E-state index contributed by atoms with van der Waals surface area (Å²) < 4.78 is 12.3. The van der Waals surface area contributed by atoms with Crippen LogP contribution in [0.3, 0.4) is 0 Å². The number of hydrogen-bond acceptors (Lipinski definition) is 4. The van der Waals surface area contributed by atoms with Crippen molar-refractivity contribution < 1.29 is 19.1 Å². The molecule has 0 heterocycles. The standard InChI is InChI=1S/C35H30N2O4/c1-24(2)27-21-32(40-30-17-13-28(14-18-30)36-34(38)25-9-5-3-6-10-25)23-33(22-27)41-31-19-15-29(16-20-31)37-35(39)26-11-7-4-8-12-26/h3-24H,1-2H3,(H,36,38)(H,37,39). The Labute approximate surface area is 239 Å². The lowest BCUT2D eigenvalue weighted by Gasteiger charge is -2.14. The molecule has 0 fully saturated rings. The lowest BCUT2D eigenvalue weighted by Crippen LogP contribution is -2.11. The van der Waals surface area contributed by atoms with Gasteiger partial charge < -0.3 is 20.1 Å². The third-order valence-corrected chi connectivity index (χ3v) is 6.34. The maximum atomic E-state index is 12.4. The molecule has 2 amide bonds. The number of amides is 2. The lowest BCUT2D eigenvalue weighted by atomic mass is 10.0. The maximum Gasteiger partial charge on any atom is 0.255 e. The SMILES string of the molecule is CC(C)c1cc(Oc2ccc(NC(=O)c3ccccc3)cc2)cc(Oc2ccc(NC(=O)c3ccccc3)cc2)c1. The molecule has 41 heavy (non-hydrogen) atoms. The van der Waals surface area contributed by atoms with E-state index in [-0.39, 0.29) is 17.7 Å². The number of nitrogens with one attached hydrogen (secondary N) is 2. The van der Waals surface area contributed by atoms with Crippen LogP contribution in [0.4, 0.5) is 11.4 Å². The highest BCUT2D eigenvalue weighted by atomic mass is 16.5. The summed E-state index contributed by atoms with van der Waals surface area (Å²) >= 11 is 0. The molecule has 0 aliphatic heterocycles. The molecule has 0 unspecified atom stereocenters. The van der Waals surface area contributed by atoms with Crippen LogP contribution in [0.5, 0.6) is 23.0 Å². The second-order valence-corrected chi connectivity index (χ2v) is 9.79. The molecule has 0 saturated carbocycles. The summed E-state index contributed by atoms with van der Waals surface area (Å²) in [7, 11) is 0. The van der Waals surface area contributed by atoms with Gasteiger partial charge in [0.2, 0.25) is 0 Å². The third kappa shape index (κ3) is 7.40. The fourth-order valence-electron chi connectivity index (χ4n) is 4.12. The Kier molecular flexibility index (Phi) is 8.41. The molecule has 0 bridgehead atoms. The van der Waals surface area contributed by atoms with E-state index in [0.717, 1.165) is 5.56 Å². The summed E-state index contributed by atoms with van der Waals surface area (Å²) in [5, 5.41) is 5.79. The highest BCUT2D eigenvalue weighted by Gasteiger charge is 2.10. The monoisotopic (exact) mass is 542 g/mol. The molecule has 204 valence electrons.